The van der Waals surface area contributed by atoms with E-state index in [-0.39, 0.29) is 0 Å². The molecule has 2 aromatic heterocycles. The van der Waals surface area contributed by atoms with Crippen molar-refractivity contribution in [3.05, 3.63) is 52.4 Å². The Bertz CT molecular complexity index is 1170. The molecule has 33 heavy (non-hydrogen) atoms. The maximum Gasteiger partial charge on any atom is 0.322 e. The van der Waals surface area contributed by atoms with Gasteiger partial charge in [-0.3, -0.25) is 4.57 Å². The quantitative estimate of drug-likeness (QED) is 0.307. The second kappa shape index (κ2) is 9.66. The van der Waals surface area contributed by atoms with Crippen LogP contribution in [0.5, 0.6) is 11.8 Å². The zero-order chi connectivity index (χ0) is 23.6. The van der Waals surface area contributed by atoms with E-state index in [1.807, 2.05) is 37.3 Å². The lowest BCUT2D eigenvalue weighted by Crippen LogP contribution is -2.24. The minimum Gasteiger partial charge on any atom is -0.424 e. The van der Waals surface area contributed by atoms with Crippen LogP contribution in [0.4, 0.5) is 5.82 Å². The lowest BCUT2D eigenvalue weighted by Gasteiger charge is -2.18. The van der Waals surface area contributed by atoms with Crippen LogP contribution in [0.3, 0.4) is 0 Å². The summed E-state index contributed by atoms with van der Waals surface area (Å²) in [4.78, 5) is 12.8. The fourth-order valence-electron chi connectivity index (χ4n) is 3.49. The number of nitrogens with zero attached hydrogens (tertiary/aromatic N) is 4. The van der Waals surface area contributed by atoms with Gasteiger partial charge < -0.3 is 20.5 Å². The molecular weight excluding hydrogens is 500 g/mol. The van der Waals surface area contributed by atoms with Gasteiger partial charge in [-0.2, -0.15) is 0 Å². The molecule has 3 N–H and O–H groups in total. The Kier molecular flexibility index (Phi) is 6.87. The molecule has 1 aliphatic heterocycles. The molecule has 3 aromatic rings. The standard InChI is InChI=1S/C23H29BrN6O2Si/c1-15-9-10-26-23(29-15)32-17-7-5-16(6-8-17)18-19-21(25)27-13-28-22(19)30(20(18)24)14-31-11-12-33(2,3)4/h5-10,28H,11-14H2,1-4H3,(H2,25,27). The molecule has 0 aliphatic carbocycles. The third kappa shape index (κ3) is 5.45. The summed E-state index contributed by atoms with van der Waals surface area (Å²) in [6.07, 6.45) is 1.68. The van der Waals surface area contributed by atoms with Crippen molar-refractivity contribution in [2.45, 2.75) is 39.3 Å². The average Bonchev–Trinajstić information content (AvgIpc) is 3.04. The van der Waals surface area contributed by atoms with Crippen LogP contribution in [-0.2, 0) is 11.5 Å². The first-order valence-corrected chi connectivity index (χ1v) is 15.3. The van der Waals surface area contributed by atoms with Crippen LogP contribution in [0.25, 0.3) is 11.1 Å². The van der Waals surface area contributed by atoms with E-state index < -0.39 is 8.07 Å². The van der Waals surface area contributed by atoms with Gasteiger partial charge in [0, 0.05) is 32.1 Å². The molecule has 0 saturated heterocycles. The number of hydrogen-bond donors (Lipinski definition) is 2. The number of hydrogen-bond acceptors (Lipinski definition) is 7. The molecule has 0 radical (unpaired) electrons. The van der Waals surface area contributed by atoms with Crippen LogP contribution in [0.2, 0.25) is 25.7 Å². The van der Waals surface area contributed by atoms with E-state index in [2.05, 4.69) is 60.4 Å². The number of anilines is 1. The number of ether oxygens (including phenoxy) is 2. The van der Waals surface area contributed by atoms with Crippen LogP contribution in [0, 0.1) is 6.92 Å². The second-order valence-electron chi connectivity index (χ2n) is 9.15. The molecule has 0 unspecified atom stereocenters. The third-order valence-corrected chi connectivity index (χ3v) is 7.82. The van der Waals surface area contributed by atoms with E-state index in [1.165, 1.54) is 0 Å². The maximum absolute atomic E-state index is 6.32. The van der Waals surface area contributed by atoms with Crippen molar-refractivity contribution < 1.29 is 9.47 Å². The molecule has 8 nitrogen and oxygen atoms in total. The number of nitrogens with one attached hydrogen (secondary N) is 1. The van der Waals surface area contributed by atoms with Gasteiger partial charge in [-0.15, -0.1) is 0 Å². The molecule has 0 bridgehead atoms. The molecule has 0 fully saturated rings. The molecule has 0 amide bonds. The SMILES string of the molecule is Cc1ccnc(Oc2ccc(-c3c4c(n(COCC[Si](C)(C)C)c3Br)NCN=C4N)cc2)n1. The van der Waals surface area contributed by atoms with Gasteiger partial charge >= 0.3 is 6.01 Å². The molecule has 0 spiro atoms. The van der Waals surface area contributed by atoms with Crippen molar-refractivity contribution >= 4 is 35.7 Å². The van der Waals surface area contributed by atoms with Gasteiger partial charge in [-0.05, 0) is 52.7 Å². The highest BCUT2D eigenvalue weighted by molar-refractivity contribution is 9.10. The smallest absolute Gasteiger partial charge is 0.322 e. The van der Waals surface area contributed by atoms with Gasteiger partial charge in [-0.25, -0.2) is 15.0 Å². The normalized spacial score (nSPS) is 13.3. The summed E-state index contributed by atoms with van der Waals surface area (Å²) in [6.45, 7) is 10.5. The van der Waals surface area contributed by atoms with Crippen molar-refractivity contribution in [2.24, 2.45) is 10.7 Å². The number of halogens is 1. The molecule has 1 aliphatic rings. The summed E-state index contributed by atoms with van der Waals surface area (Å²) >= 11 is 3.79. The first-order chi connectivity index (χ1) is 15.7. The summed E-state index contributed by atoms with van der Waals surface area (Å²) in [5, 5.41) is 3.35. The van der Waals surface area contributed by atoms with Crippen molar-refractivity contribution in [1.82, 2.24) is 14.5 Å². The van der Waals surface area contributed by atoms with Crippen molar-refractivity contribution in [3.63, 3.8) is 0 Å². The summed E-state index contributed by atoms with van der Waals surface area (Å²) < 4.78 is 14.8. The van der Waals surface area contributed by atoms with Crippen LogP contribution < -0.4 is 15.8 Å². The van der Waals surface area contributed by atoms with Crippen molar-refractivity contribution in [2.75, 3.05) is 18.6 Å². The summed E-state index contributed by atoms with van der Waals surface area (Å²) in [5.74, 6) is 2.07. The van der Waals surface area contributed by atoms with E-state index in [0.29, 0.717) is 31.0 Å². The topological polar surface area (TPSA) is 99.6 Å². The molecular formula is C23H29BrN6O2Si. The number of fused-ring (bicyclic) bond motifs is 1. The minimum absolute atomic E-state index is 0.323. The van der Waals surface area contributed by atoms with Crippen LogP contribution in [0.15, 0.2) is 46.1 Å². The molecule has 1 aromatic carbocycles. The number of aliphatic imine (C=N–C) groups is 1. The fourth-order valence-corrected chi connectivity index (χ4v) is 4.95. The van der Waals surface area contributed by atoms with Gasteiger partial charge in [0.05, 0.1) is 10.2 Å². The minimum atomic E-state index is -1.15. The van der Waals surface area contributed by atoms with E-state index in [4.69, 9.17) is 15.2 Å². The number of aromatic nitrogens is 3. The number of nitrogens with two attached hydrogens (primary N) is 1. The van der Waals surface area contributed by atoms with Crippen molar-refractivity contribution in [1.29, 1.82) is 0 Å². The zero-order valence-corrected chi connectivity index (χ0v) is 21.9. The van der Waals surface area contributed by atoms with Gasteiger partial charge in [0.1, 0.15) is 30.8 Å². The van der Waals surface area contributed by atoms with Gasteiger partial charge in [0.25, 0.3) is 0 Å². The zero-order valence-electron chi connectivity index (χ0n) is 19.4. The Hall–Kier alpha value is -2.69. The third-order valence-electron chi connectivity index (χ3n) is 5.29. The molecule has 174 valence electrons. The largest absolute Gasteiger partial charge is 0.424 e. The first kappa shape index (κ1) is 23.5. The summed E-state index contributed by atoms with van der Waals surface area (Å²) in [5.41, 5.74) is 9.99. The molecule has 4 rings (SSSR count). The van der Waals surface area contributed by atoms with Gasteiger partial charge in [0.2, 0.25) is 0 Å². The first-order valence-electron chi connectivity index (χ1n) is 10.8. The number of aryl methyl sites for hydroxylation is 1. The van der Waals surface area contributed by atoms with Gasteiger partial charge in [-0.1, -0.05) is 31.8 Å². The van der Waals surface area contributed by atoms with E-state index >= 15 is 0 Å². The monoisotopic (exact) mass is 528 g/mol. The van der Waals surface area contributed by atoms with Crippen LogP contribution in [0.1, 0.15) is 11.3 Å². The lowest BCUT2D eigenvalue weighted by atomic mass is 10.0. The highest BCUT2D eigenvalue weighted by Crippen LogP contribution is 2.41. The molecule has 0 saturated carbocycles. The summed E-state index contributed by atoms with van der Waals surface area (Å²) in [6, 6.07) is 11.0. The average molecular weight is 530 g/mol. The highest BCUT2D eigenvalue weighted by Gasteiger charge is 2.27. The fraction of sp³-hybridized carbons (Fsp3) is 0.348. The van der Waals surface area contributed by atoms with E-state index in [9.17, 15) is 0 Å². The lowest BCUT2D eigenvalue weighted by molar-refractivity contribution is 0.0874. The Morgan fingerprint density at radius 3 is 2.61 bits per heavy atom. The predicted octanol–water partition coefficient (Wildman–Crippen LogP) is 5.21. The van der Waals surface area contributed by atoms with Gasteiger partial charge in [0.15, 0.2) is 0 Å². The predicted molar refractivity (Wildman–Crippen MR) is 138 cm³/mol. The Labute approximate surface area is 203 Å². The maximum atomic E-state index is 6.32. The number of rotatable bonds is 8. The number of benzene rings is 1. The Balaban J connectivity index is 1.60. The molecule has 10 heteroatoms. The Morgan fingerprint density at radius 1 is 1.15 bits per heavy atom. The highest BCUT2D eigenvalue weighted by atomic mass is 79.9. The molecule has 3 heterocycles. The Morgan fingerprint density at radius 2 is 1.91 bits per heavy atom. The van der Waals surface area contributed by atoms with E-state index in [1.54, 1.807) is 6.20 Å². The van der Waals surface area contributed by atoms with E-state index in [0.717, 1.165) is 45.5 Å². The second-order valence-corrected chi connectivity index (χ2v) is 15.5. The summed E-state index contributed by atoms with van der Waals surface area (Å²) in [7, 11) is -1.15. The van der Waals surface area contributed by atoms with Crippen LogP contribution in [-0.4, -0.2) is 41.7 Å². The van der Waals surface area contributed by atoms with Crippen molar-refractivity contribution in [3.8, 4) is 22.9 Å². The van der Waals surface area contributed by atoms with Crippen LogP contribution >= 0.6 is 15.9 Å². The molecule has 0 atom stereocenters. The number of amidine groups is 1.